The van der Waals surface area contributed by atoms with Crippen LogP contribution in [0.2, 0.25) is 0 Å². The average Bonchev–Trinajstić information content (AvgIpc) is 2.86. The molecule has 1 N–H and O–H groups in total. The van der Waals surface area contributed by atoms with Gasteiger partial charge in [0.05, 0.1) is 12.2 Å². The summed E-state index contributed by atoms with van der Waals surface area (Å²) in [6, 6.07) is 0.160. The first-order valence-electron chi connectivity index (χ1n) is 5.14. The van der Waals surface area contributed by atoms with E-state index in [0.717, 1.165) is 22.8 Å². The Kier molecular flexibility index (Phi) is 2.78. The number of hydrogen-bond acceptors (Lipinski definition) is 6. The highest BCUT2D eigenvalue weighted by atomic mass is 79.9. The second-order valence-electron chi connectivity index (χ2n) is 3.90. The normalized spacial score (nSPS) is 15.7. The molecule has 3 heterocycles. The molecule has 2 aromatic rings. The van der Waals surface area contributed by atoms with Crippen LogP contribution in [-0.4, -0.2) is 44.1 Å². The van der Waals surface area contributed by atoms with E-state index in [9.17, 15) is 4.79 Å². The third kappa shape index (κ3) is 1.99. The molecule has 1 aliphatic rings. The maximum absolute atomic E-state index is 10.7. The number of thiazole rings is 1. The van der Waals surface area contributed by atoms with Gasteiger partial charge in [0.25, 0.3) is 0 Å². The van der Waals surface area contributed by atoms with Crippen LogP contribution in [0.1, 0.15) is 16.5 Å². The molecule has 0 amide bonds. The quantitative estimate of drug-likeness (QED) is 0.912. The van der Waals surface area contributed by atoms with Crippen LogP contribution >= 0.6 is 27.3 Å². The Morgan fingerprint density at radius 1 is 1.56 bits per heavy atom. The minimum atomic E-state index is -1.05. The van der Waals surface area contributed by atoms with Crippen molar-refractivity contribution in [2.75, 3.05) is 18.0 Å². The van der Waals surface area contributed by atoms with Crippen molar-refractivity contribution in [2.45, 2.75) is 6.04 Å². The Morgan fingerprint density at radius 2 is 2.33 bits per heavy atom. The van der Waals surface area contributed by atoms with E-state index in [1.165, 1.54) is 6.20 Å². The molecule has 0 saturated carbocycles. The molecule has 0 spiro atoms. The van der Waals surface area contributed by atoms with Crippen molar-refractivity contribution in [3.8, 4) is 0 Å². The van der Waals surface area contributed by atoms with E-state index in [1.54, 1.807) is 16.0 Å². The number of aromatic nitrogens is 4. The van der Waals surface area contributed by atoms with E-state index in [4.69, 9.17) is 5.11 Å². The summed E-state index contributed by atoms with van der Waals surface area (Å²) in [5.41, 5.74) is -0.0227. The van der Waals surface area contributed by atoms with Crippen LogP contribution in [0, 0.1) is 0 Å². The van der Waals surface area contributed by atoms with Gasteiger partial charge in [-0.1, -0.05) is 5.21 Å². The van der Waals surface area contributed by atoms with Crippen LogP contribution < -0.4 is 4.90 Å². The molecule has 0 aliphatic carbocycles. The molecule has 0 unspecified atom stereocenters. The summed E-state index contributed by atoms with van der Waals surface area (Å²) in [5.74, 6) is -1.05. The summed E-state index contributed by atoms with van der Waals surface area (Å²) in [7, 11) is 0. The molecular weight excluding hydrogens is 322 g/mol. The summed E-state index contributed by atoms with van der Waals surface area (Å²) in [4.78, 5) is 17.1. The standard InChI is InChI=1S/C9H8BrN5O2S/c10-7-4-18-9(11-7)14-1-5(2-14)15-3-6(8(16)17)12-13-15/h3-5H,1-2H2,(H,16,17). The van der Waals surface area contributed by atoms with Gasteiger partial charge in [0, 0.05) is 18.5 Å². The molecule has 0 bridgehead atoms. The Balaban J connectivity index is 1.66. The molecule has 18 heavy (non-hydrogen) atoms. The van der Waals surface area contributed by atoms with E-state index in [2.05, 4.69) is 36.1 Å². The highest BCUT2D eigenvalue weighted by molar-refractivity contribution is 9.10. The average molecular weight is 330 g/mol. The first-order valence-corrected chi connectivity index (χ1v) is 6.82. The third-order valence-corrected chi connectivity index (χ3v) is 4.31. The zero-order valence-corrected chi connectivity index (χ0v) is 11.4. The predicted octanol–water partition coefficient (Wildman–Crippen LogP) is 1.26. The van der Waals surface area contributed by atoms with E-state index >= 15 is 0 Å². The molecule has 3 rings (SSSR count). The lowest BCUT2D eigenvalue weighted by molar-refractivity contribution is 0.0690. The van der Waals surface area contributed by atoms with Gasteiger partial charge in [-0.2, -0.15) is 0 Å². The molecule has 1 fully saturated rings. The lowest BCUT2D eigenvalue weighted by Crippen LogP contribution is -2.48. The fraction of sp³-hybridized carbons (Fsp3) is 0.333. The predicted molar refractivity (Wildman–Crippen MR) is 68.0 cm³/mol. The fourth-order valence-electron chi connectivity index (χ4n) is 1.72. The Hall–Kier alpha value is -1.48. The number of hydrogen-bond donors (Lipinski definition) is 1. The topological polar surface area (TPSA) is 84.1 Å². The smallest absolute Gasteiger partial charge is 0.358 e. The van der Waals surface area contributed by atoms with Gasteiger partial charge in [-0.05, 0) is 15.9 Å². The zero-order valence-electron chi connectivity index (χ0n) is 9.02. The van der Waals surface area contributed by atoms with Crippen LogP contribution in [0.15, 0.2) is 16.2 Å². The van der Waals surface area contributed by atoms with Crippen LogP contribution in [0.4, 0.5) is 5.13 Å². The second-order valence-corrected chi connectivity index (χ2v) is 5.55. The van der Waals surface area contributed by atoms with Crippen molar-refractivity contribution in [2.24, 2.45) is 0 Å². The van der Waals surface area contributed by atoms with Crippen molar-refractivity contribution in [1.29, 1.82) is 0 Å². The Morgan fingerprint density at radius 3 is 2.89 bits per heavy atom. The molecule has 94 valence electrons. The van der Waals surface area contributed by atoms with Gasteiger partial charge in [0.1, 0.15) is 4.60 Å². The van der Waals surface area contributed by atoms with Gasteiger partial charge in [0.15, 0.2) is 10.8 Å². The van der Waals surface area contributed by atoms with E-state index in [0.29, 0.717) is 0 Å². The molecule has 2 aromatic heterocycles. The maximum Gasteiger partial charge on any atom is 0.358 e. The molecule has 7 nitrogen and oxygen atoms in total. The van der Waals surface area contributed by atoms with Gasteiger partial charge >= 0.3 is 5.97 Å². The largest absolute Gasteiger partial charge is 0.476 e. The summed E-state index contributed by atoms with van der Waals surface area (Å²) in [6.45, 7) is 1.53. The number of nitrogens with zero attached hydrogens (tertiary/aromatic N) is 5. The van der Waals surface area contributed by atoms with Crippen molar-refractivity contribution in [1.82, 2.24) is 20.0 Å². The minimum Gasteiger partial charge on any atom is -0.476 e. The maximum atomic E-state index is 10.7. The molecule has 1 aliphatic heterocycles. The van der Waals surface area contributed by atoms with E-state index in [1.807, 2.05) is 5.38 Å². The highest BCUT2D eigenvalue weighted by Crippen LogP contribution is 2.31. The first kappa shape index (κ1) is 11.6. The Labute approximate surface area is 114 Å². The van der Waals surface area contributed by atoms with Crippen molar-refractivity contribution < 1.29 is 9.90 Å². The second kappa shape index (κ2) is 4.32. The number of carboxylic acid groups (broad SMARTS) is 1. The molecule has 9 heteroatoms. The minimum absolute atomic E-state index is 0.0227. The van der Waals surface area contributed by atoms with Gasteiger partial charge in [-0.25, -0.2) is 14.5 Å². The van der Waals surface area contributed by atoms with Crippen molar-refractivity contribution >= 4 is 38.4 Å². The highest BCUT2D eigenvalue weighted by Gasteiger charge is 2.31. The van der Waals surface area contributed by atoms with Gasteiger partial charge in [0.2, 0.25) is 0 Å². The molecule has 0 atom stereocenters. The number of carbonyl (C=O) groups is 1. The monoisotopic (exact) mass is 329 g/mol. The van der Waals surface area contributed by atoms with Crippen LogP contribution in [0.5, 0.6) is 0 Å². The third-order valence-electron chi connectivity index (χ3n) is 2.70. The fourth-order valence-corrected chi connectivity index (χ4v) is 2.99. The molecule has 0 radical (unpaired) electrons. The zero-order chi connectivity index (χ0) is 12.7. The number of anilines is 1. The van der Waals surface area contributed by atoms with Crippen molar-refractivity contribution in [3.05, 3.63) is 21.9 Å². The van der Waals surface area contributed by atoms with Crippen LogP contribution in [0.25, 0.3) is 0 Å². The summed E-state index contributed by atoms with van der Waals surface area (Å²) in [6.07, 6.45) is 1.46. The summed E-state index contributed by atoms with van der Waals surface area (Å²) >= 11 is 4.88. The van der Waals surface area contributed by atoms with Gasteiger partial charge in [-0.15, -0.1) is 16.4 Å². The number of rotatable bonds is 3. The summed E-state index contributed by atoms with van der Waals surface area (Å²) in [5, 5.41) is 19.1. The molecular formula is C9H8BrN5O2S. The lowest BCUT2D eigenvalue weighted by atomic mass is 10.1. The van der Waals surface area contributed by atoms with Crippen LogP contribution in [0.3, 0.4) is 0 Å². The van der Waals surface area contributed by atoms with E-state index in [-0.39, 0.29) is 11.7 Å². The number of carboxylic acids is 1. The molecule has 1 saturated heterocycles. The van der Waals surface area contributed by atoms with Crippen LogP contribution in [-0.2, 0) is 0 Å². The molecule has 0 aromatic carbocycles. The van der Waals surface area contributed by atoms with Gasteiger partial charge < -0.3 is 10.0 Å². The first-order chi connectivity index (χ1) is 8.63. The van der Waals surface area contributed by atoms with Crippen molar-refractivity contribution in [3.63, 3.8) is 0 Å². The van der Waals surface area contributed by atoms with E-state index < -0.39 is 5.97 Å². The number of aromatic carboxylic acids is 1. The SMILES string of the molecule is O=C(O)c1cn(C2CN(c3nc(Br)cs3)C2)nn1. The van der Waals surface area contributed by atoms with Gasteiger partial charge in [-0.3, -0.25) is 0 Å². The lowest BCUT2D eigenvalue weighted by Gasteiger charge is -2.38. The summed E-state index contributed by atoms with van der Waals surface area (Å²) < 4.78 is 2.43. The number of halogens is 1. The Bertz CT molecular complexity index is 591.